The third-order valence-corrected chi connectivity index (χ3v) is 2.16. The van der Waals surface area contributed by atoms with Crippen LogP contribution in [0.1, 0.15) is 13.8 Å². The molecule has 1 amide bonds. The Balaban J connectivity index is 2.73. The van der Waals surface area contributed by atoms with Crippen LogP contribution >= 0.6 is 0 Å². The third kappa shape index (κ3) is 1.01. The van der Waals surface area contributed by atoms with Gasteiger partial charge in [-0.2, -0.15) is 0 Å². The van der Waals surface area contributed by atoms with Crippen LogP contribution in [0.3, 0.4) is 0 Å². The first-order chi connectivity index (χ1) is 4.58. The lowest BCUT2D eigenvalue weighted by molar-refractivity contribution is -0.124. The number of carbonyl (C=O) groups excluding carboxylic acids is 1. The van der Waals surface area contributed by atoms with Crippen LogP contribution in [0.25, 0.3) is 0 Å². The van der Waals surface area contributed by atoms with Crippen molar-refractivity contribution >= 4 is 5.91 Å². The Hall–Kier alpha value is -0.570. The van der Waals surface area contributed by atoms with Crippen LogP contribution in [-0.2, 0) is 4.79 Å². The number of nitrogens with one attached hydrogen (secondary N) is 1. The van der Waals surface area contributed by atoms with E-state index in [0.29, 0.717) is 6.54 Å². The molecule has 0 saturated carbocycles. The van der Waals surface area contributed by atoms with E-state index in [1.54, 1.807) is 0 Å². The van der Waals surface area contributed by atoms with Crippen LogP contribution in [0.5, 0.6) is 0 Å². The van der Waals surface area contributed by atoms with Gasteiger partial charge in [-0.25, -0.2) is 0 Å². The van der Waals surface area contributed by atoms with Crippen LogP contribution in [-0.4, -0.2) is 24.2 Å². The van der Waals surface area contributed by atoms with Crippen LogP contribution in [0, 0.1) is 11.3 Å². The molecule has 1 atom stereocenters. The van der Waals surface area contributed by atoms with Crippen molar-refractivity contribution in [2.24, 2.45) is 11.3 Å². The molecule has 0 aliphatic carbocycles. The predicted molar refractivity (Wildman–Crippen MR) is 37.4 cm³/mol. The molecular formula is C7H13NO2. The summed E-state index contributed by atoms with van der Waals surface area (Å²) in [5.41, 5.74) is -0.0775. The van der Waals surface area contributed by atoms with Crippen LogP contribution in [0.2, 0.25) is 0 Å². The van der Waals surface area contributed by atoms with E-state index in [2.05, 4.69) is 5.32 Å². The van der Waals surface area contributed by atoms with Gasteiger partial charge in [-0.3, -0.25) is 4.79 Å². The van der Waals surface area contributed by atoms with Gasteiger partial charge in [0.15, 0.2) is 0 Å². The van der Waals surface area contributed by atoms with Gasteiger partial charge < -0.3 is 10.4 Å². The number of hydrogen-bond acceptors (Lipinski definition) is 2. The topological polar surface area (TPSA) is 49.3 Å². The molecule has 0 aromatic carbocycles. The zero-order valence-corrected chi connectivity index (χ0v) is 6.35. The van der Waals surface area contributed by atoms with E-state index in [1.807, 2.05) is 13.8 Å². The molecule has 0 aromatic heterocycles. The fourth-order valence-corrected chi connectivity index (χ4v) is 1.25. The van der Waals surface area contributed by atoms with Gasteiger partial charge in [0.25, 0.3) is 0 Å². The van der Waals surface area contributed by atoms with Gasteiger partial charge >= 0.3 is 0 Å². The Morgan fingerprint density at radius 3 is 2.60 bits per heavy atom. The second-order valence-corrected chi connectivity index (χ2v) is 3.44. The zero-order chi connectivity index (χ0) is 7.78. The van der Waals surface area contributed by atoms with E-state index >= 15 is 0 Å². The quantitative estimate of drug-likeness (QED) is 0.532. The van der Waals surface area contributed by atoms with Gasteiger partial charge in [-0.05, 0) is 5.41 Å². The number of carbonyl (C=O) groups is 1. The first kappa shape index (κ1) is 7.54. The Kier molecular flexibility index (Phi) is 1.68. The number of amides is 1. The molecule has 1 fully saturated rings. The number of hydrogen-bond donors (Lipinski definition) is 2. The molecule has 0 radical (unpaired) electrons. The SMILES string of the molecule is CC1(C)CNC(=O)C1CO. The third-order valence-electron chi connectivity index (χ3n) is 2.16. The average molecular weight is 143 g/mol. The molecule has 2 N–H and O–H groups in total. The maximum absolute atomic E-state index is 10.9. The lowest BCUT2D eigenvalue weighted by atomic mass is 9.82. The Morgan fingerprint density at radius 1 is 1.80 bits per heavy atom. The molecular weight excluding hydrogens is 130 g/mol. The molecule has 0 aromatic rings. The molecule has 58 valence electrons. The maximum Gasteiger partial charge on any atom is 0.226 e. The first-order valence-corrected chi connectivity index (χ1v) is 3.46. The summed E-state index contributed by atoms with van der Waals surface area (Å²) in [6.07, 6.45) is 0. The number of aliphatic hydroxyl groups excluding tert-OH is 1. The molecule has 0 spiro atoms. The Labute approximate surface area is 60.4 Å². The van der Waals surface area contributed by atoms with Crippen molar-refractivity contribution in [2.75, 3.05) is 13.2 Å². The fraction of sp³-hybridized carbons (Fsp3) is 0.857. The molecule has 1 aliphatic rings. The van der Waals surface area contributed by atoms with Gasteiger partial charge in [-0.15, -0.1) is 0 Å². The van der Waals surface area contributed by atoms with E-state index in [0.717, 1.165) is 0 Å². The van der Waals surface area contributed by atoms with E-state index < -0.39 is 0 Å². The van der Waals surface area contributed by atoms with Crippen molar-refractivity contribution in [3.05, 3.63) is 0 Å². The monoisotopic (exact) mass is 143 g/mol. The molecule has 0 bridgehead atoms. The number of aliphatic hydroxyl groups is 1. The predicted octanol–water partition coefficient (Wildman–Crippen LogP) is -0.249. The Bertz CT molecular complexity index is 154. The summed E-state index contributed by atoms with van der Waals surface area (Å²) in [5.74, 6) is -0.236. The van der Waals surface area contributed by atoms with E-state index in [-0.39, 0.29) is 23.8 Å². The highest BCUT2D eigenvalue weighted by Crippen LogP contribution is 2.30. The molecule has 1 unspecified atom stereocenters. The molecule has 1 aliphatic heterocycles. The fourth-order valence-electron chi connectivity index (χ4n) is 1.25. The summed E-state index contributed by atoms with van der Waals surface area (Å²) in [6, 6.07) is 0. The smallest absolute Gasteiger partial charge is 0.226 e. The van der Waals surface area contributed by atoms with Crippen molar-refractivity contribution in [1.82, 2.24) is 5.32 Å². The molecule has 10 heavy (non-hydrogen) atoms. The van der Waals surface area contributed by atoms with Crippen LogP contribution in [0.4, 0.5) is 0 Å². The van der Waals surface area contributed by atoms with Crippen molar-refractivity contribution in [2.45, 2.75) is 13.8 Å². The van der Waals surface area contributed by atoms with E-state index in [1.165, 1.54) is 0 Å². The lowest BCUT2D eigenvalue weighted by Crippen LogP contribution is -2.27. The minimum absolute atomic E-state index is 0.0208. The highest BCUT2D eigenvalue weighted by Gasteiger charge is 2.40. The highest BCUT2D eigenvalue weighted by molar-refractivity contribution is 5.81. The summed E-state index contributed by atoms with van der Waals surface area (Å²) >= 11 is 0. The summed E-state index contributed by atoms with van der Waals surface area (Å²) in [7, 11) is 0. The second kappa shape index (κ2) is 2.23. The van der Waals surface area contributed by atoms with E-state index in [4.69, 9.17) is 5.11 Å². The largest absolute Gasteiger partial charge is 0.396 e. The zero-order valence-electron chi connectivity index (χ0n) is 6.35. The molecule has 3 nitrogen and oxygen atoms in total. The van der Waals surface area contributed by atoms with E-state index in [9.17, 15) is 4.79 Å². The normalized spacial score (nSPS) is 30.3. The summed E-state index contributed by atoms with van der Waals surface area (Å²) in [5, 5.41) is 11.5. The van der Waals surface area contributed by atoms with Gasteiger partial charge in [-0.1, -0.05) is 13.8 Å². The highest BCUT2D eigenvalue weighted by atomic mass is 16.3. The molecule has 1 saturated heterocycles. The standard InChI is InChI=1S/C7H13NO2/c1-7(2)4-8-6(10)5(7)3-9/h5,9H,3-4H2,1-2H3,(H,8,10). The molecule has 1 heterocycles. The van der Waals surface area contributed by atoms with Crippen molar-refractivity contribution in [1.29, 1.82) is 0 Å². The van der Waals surface area contributed by atoms with Gasteiger partial charge in [0.05, 0.1) is 12.5 Å². The second-order valence-electron chi connectivity index (χ2n) is 3.44. The van der Waals surface area contributed by atoms with Gasteiger partial charge in [0.1, 0.15) is 0 Å². The lowest BCUT2D eigenvalue weighted by Gasteiger charge is -2.20. The summed E-state index contributed by atoms with van der Waals surface area (Å²) in [4.78, 5) is 10.9. The van der Waals surface area contributed by atoms with Crippen molar-refractivity contribution in [3.63, 3.8) is 0 Å². The summed E-state index contributed by atoms with van der Waals surface area (Å²) < 4.78 is 0. The summed E-state index contributed by atoms with van der Waals surface area (Å²) in [6.45, 7) is 4.59. The maximum atomic E-state index is 10.9. The van der Waals surface area contributed by atoms with Gasteiger partial charge in [0.2, 0.25) is 5.91 Å². The number of rotatable bonds is 1. The average Bonchev–Trinajstić information content (AvgIpc) is 2.07. The Morgan fingerprint density at radius 2 is 2.40 bits per heavy atom. The molecule has 1 rings (SSSR count). The van der Waals surface area contributed by atoms with Crippen LogP contribution in [0.15, 0.2) is 0 Å². The molecule has 3 heteroatoms. The van der Waals surface area contributed by atoms with Crippen LogP contribution < -0.4 is 5.32 Å². The minimum Gasteiger partial charge on any atom is -0.396 e. The minimum atomic E-state index is -0.215. The van der Waals surface area contributed by atoms with Crippen molar-refractivity contribution in [3.8, 4) is 0 Å². The first-order valence-electron chi connectivity index (χ1n) is 3.46. The van der Waals surface area contributed by atoms with Crippen molar-refractivity contribution < 1.29 is 9.90 Å². The van der Waals surface area contributed by atoms with Gasteiger partial charge in [0, 0.05) is 6.54 Å².